The van der Waals surface area contributed by atoms with Crippen LogP contribution in [0.25, 0.3) is 0 Å². The lowest BCUT2D eigenvalue weighted by Crippen LogP contribution is -2.57. The van der Waals surface area contributed by atoms with E-state index in [1.165, 1.54) is 35.8 Å². The number of carbonyl (C=O) groups excluding carboxylic acids is 3. The minimum Gasteiger partial charge on any atom is -0.468 e. The van der Waals surface area contributed by atoms with Gasteiger partial charge in [0.25, 0.3) is 0 Å². The molecule has 0 saturated heterocycles. The number of esters is 2. The number of methoxy groups -OCH3 is 2. The Morgan fingerprint density at radius 2 is 1.78 bits per heavy atom. The molecule has 4 N–H and O–H groups in total. The molecule has 0 fully saturated rings. The zero-order valence-corrected chi connectivity index (χ0v) is 15.5. The van der Waals surface area contributed by atoms with Gasteiger partial charge in [-0.25, -0.2) is 4.79 Å². The summed E-state index contributed by atoms with van der Waals surface area (Å²) in [7, 11) is 4.93. The fourth-order valence-corrected chi connectivity index (χ4v) is 4.13. The summed E-state index contributed by atoms with van der Waals surface area (Å²) < 4.78 is 9.19. The van der Waals surface area contributed by atoms with Crippen LogP contribution in [0.4, 0.5) is 0 Å². The molecule has 0 saturated carbocycles. The zero-order valence-electron chi connectivity index (χ0n) is 13.8. The average Bonchev–Trinajstić information content (AvgIpc) is 2.56. The van der Waals surface area contributed by atoms with E-state index in [4.69, 9.17) is 11.5 Å². The first-order valence-corrected chi connectivity index (χ1v) is 9.80. The van der Waals surface area contributed by atoms with E-state index in [0.717, 1.165) is 12.8 Å². The summed E-state index contributed by atoms with van der Waals surface area (Å²) in [5.74, 6) is -1.24. The van der Waals surface area contributed by atoms with Crippen LogP contribution in [-0.4, -0.2) is 55.0 Å². The normalized spacial score (nSPS) is 14.7. The Bertz CT molecular complexity index is 409. The molecular weight excluding hydrogens is 340 g/mol. The number of hydrogen-bond acceptors (Lipinski definition) is 9. The highest BCUT2D eigenvalue weighted by molar-refractivity contribution is 8.76. The van der Waals surface area contributed by atoms with Crippen LogP contribution in [0.15, 0.2) is 0 Å². The van der Waals surface area contributed by atoms with E-state index < -0.39 is 23.5 Å². The fourth-order valence-electron chi connectivity index (χ4n) is 1.67. The van der Waals surface area contributed by atoms with Gasteiger partial charge in [0.15, 0.2) is 11.3 Å². The predicted octanol–water partition coefficient (Wildman–Crippen LogP) is 0.888. The SMILES string of the molecule is CCCCCC(=O)[C@](N)(CSSC[C@H](N)C(=O)OC)C(=O)OC. The van der Waals surface area contributed by atoms with Gasteiger partial charge in [0.1, 0.15) is 6.04 Å². The van der Waals surface area contributed by atoms with E-state index in [1.807, 2.05) is 6.92 Å². The van der Waals surface area contributed by atoms with Crippen molar-refractivity contribution in [2.24, 2.45) is 11.5 Å². The molecule has 0 aromatic rings. The zero-order chi connectivity index (χ0) is 17.9. The second-order valence-corrected chi connectivity index (χ2v) is 7.53. The van der Waals surface area contributed by atoms with Gasteiger partial charge in [-0.2, -0.15) is 0 Å². The fraction of sp³-hybridized carbons (Fsp3) is 0.786. The van der Waals surface area contributed by atoms with E-state index in [1.54, 1.807) is 0 Å². The van der Waals surface area contributed by atoms with Gasteiger partial charge in [0.05, 0.1) is 14.2 Å². The summed E-state index contributed by atoms with van der Waals surface area (Å²) >= 11 is 0. The molecule has 9 heteroatoms. The summed E-state index contributed by atoms with van der Waals surface area (Å²) in [6, 6.07) is -0.761. The van der Waals surface area contributed by atoms with Crippen LogP contribution in [0, 0.1) is 0 Å². The molecule has 0 bridgehead atoms. The highest BCUT2D eigenvalue weighted by atomic mass is 33.1. The Kier molecular flexibility index (Phi) is 11.3. The molecule has 0 aliphatic rings. The third-order valence-corrected chi connectivity index (χ3v) is 5.67. The minimum absolute atomic E-state index is 0.0587. The van der Waals surface area contributed by atoms with Crippen LogP contribution in [-0.2, 0) is 23.9 Å². The van der Waals surface area contributed by atoms with Crippen molar-refractivity contribution < 1.29 is 23.9 Å². The molecule has 0 aliphatic heterocycles. The molecule has 0 aromatic carbocycles. The standard InChI is InChI=1S/C14H26N2O5S2/c1-4-5-6-7-11(17)14(16,13(19)21-3)9-23-22-8-10(15)12(18)20-2/h10H,4-9,15-16H2,1-3H3/t10-,14+/m0/s1. The van der Waals surface area contributed by atoms with Crippen molar-refractivity contribution in [1.82, 2.24) is 0 Å². The summed E-state index contributed by atoms with van der Waals surface area (Å²) in [5, 5.41) is 0. The topological polar surface area (TPSA) is 122 Å². The lowest BCUT2D eigenvalue weighted by molar-refractivity contribution is -0.150. The Morgan fingerprint density at radius 3 is 2.30 bits per heavy atom. The molecule has 2 atom stereocenters. The molecule has 0 unspecified atom stereocenters. The quantitative estimate of drug-likeness (QED) is 0.224. The van der Waals surface area contributed by atoms with Gasteiger partial charge >= 0.3 is 11.9 Å². The van der Waals surface area contributed by atoms with Gasteiger partial charge in [-0.05, 0) is 6.42 Å². The predicted molar refractivity (Wildman–Crippen MR) is 93.0 cm³/mol. The van der Waals surface area contributed by atoms with Crippen molar-refractivity contribution in [3.05, 3.63) is 0 Å². The number of carbonyl (C=O) groups is 3. The number of Topliss-reactive ketones (excluding diaryl/α,β-unsaturated/α-hetero) is 1. The Morgan fingerprint density at radius 1 is 1.13 bits per heavy atom. The molecule has 7 nitrogen and oxygen atoms in total. The van der Waals surface area contributed by atoms with Gasteiger partial charge < -0.3 is 20.9 Å². The largest absolute Gasteiger partial charge is 0.468 e. The van der Waals surface area contributed by atoms with Crippen LogP contribution in [0.3, 0.4) is 0 Å². The van der Waals surface area contributed by atoms with Crippen molar-refractivity contribution >= 4 is 39.3 Å². The highest BCUT2D eigenvalue weighted by Crippen LogP contribution is 2.27. The number of hydrogen-bond donors (Lipinski definition) is 2. The van der Waals surface area contributed by atoms with Crippen LogP contribution < -0.4 is 11.5 Å². The second-order valence-electron chi connectivity index (χ2n) is 5.02. The molecule has 23 heavy (non-hydrogen) atoms. The Balaban J connectivity index is 4.52. The highest BCUT2D eigenvalue weighted by Gasteiger charge is 2.42. The third kappa shape index (κ3) is 7.56. The maximum absolute atomic E-state index is 12.3. The molecular formula is C14H26N2O5S2. The lowest BCUT2D eigenvalue weighted by Gasteiger charge is -2.24. The number of unbranched alkanes of at least 4 members (excludes halogenated alkanes) is 2. The van der Waals surface area contributed by atoms with Crippen LogP contribution in [0.2, 0.25) is 0 Å². The van der Waals surface area contributed by atoms with Crippen molar-refractivity contribution in [2.75, 3.05) is 25.7 Å². The van der Waals surface area contributed by atoms with Crippen LogP contribution in [0.5, 0.6) is 0 Å². The molecule has 0 amide bonds. The molecule has 0 aromatic heterocycles. The first kappa shape index (κ1) is 22.2. The van der Waals surface area contributed by atoms with Crippen molar-refractivity contribution in [3.63, 3.8) is 0 Å². The molecule has 0 radical (unpaired) electrons. The molecule has 0 rings (SSSR count). The second kappa shape index (κ2) is 11.7. The van der Waals surface area contributed by atoms with Gasteiger partial charge in [-0.1, -0.05) is 41.4 Å². The van der Waals surface area contributed by atoms with E-state index in [-0.39, 0.29) is 18.0 Å². The van der Waals surface area contributed by atoms with Crippen LogP contribution >= 0.6 is 21.6 Å². The lowest BCUT2D eigenvalue weighted by atomic mass is 9.93. The molecule has 0 aliphatic carbocycles. The van der Waals surface area contributed by atoms with E-state index in [9.17, 15) is 14.4 Å². The van der Waals surface area contributed by atoms with Gasteiger partial charge in [0.2, 0.25) is 0 Å². The third-order valence-electron chi connectivity index (χ3n) is 3.18. The van der Waals surface area contributed by atoms with E-state index in [2.05, 4.69) is 9.47 Å². The molecule has 0 heterocycles. The first-order valence-electron chi connectivity index (χ1n) is 7.31. The summed E-state index contributed by atoms with van der Waals surface area (Å²) in [4.78, 5) is 35.4. The van der Waals surface area contributed by atoms with E-state index >= 15 is 0 Å². The van der Waals surface area contributed by atoms with Crippen molar-refractivity contribution in [1.29, 1.82) is 0 Å². The van der Waals surface area contributed by atoms with Gasteiger partial charge in [-0.3, -0.25) is 9.59 Å². The number of nitrogens with two attached hydrogens (primary N) is 2. The summed E-state index contributed by atoms with van der Waals surface area (Å²) in [5.41, 5.74) is 9.93. The van der Waals surface area contributed by atoms with Crippen molar-refractivity contribution in [3.8, 4) is 0 Å². The summed E-state index contributed by atoms with van der Waals surface area (Å²) in [6.45, 7) is 2.03. The van der Waals surface area contributed by atoms with Crippen LogP contribution in [0.1, 0.15) is 32.6 Å². The molecule has 0 spiro atoms. The first-order chi connectivity index (χ1) is 10.8. The van der Waals surface area contributed by atoms with Crippen molar-refractivity contribution in [2.45, 2.75) is 44.2 Å². The Labute approximate surface area is 145 Å². The average molecular weight is 367 g/mol. The van der Waals surface area contributed by atoms with E-state index in [0.29, 0.717) is 12.2 Å². The maximum Gasteiger partial charge on any atom is 0.334 e. The minimum atomic E-state index is -1.67. The van der Waals surface area contributed by atoms with Gasteiger partial charge in [0, 0.05) is 17.9 Å². The Hall–Kier alpha value is -0.770. The number of ketones is 1. The number of ether oxygens (including phenoxy) is 2. The number of rotatable bonds is 12. The maximum atomic E-state index is 12.3. The molecule has 134 valence electrons. The monoisotopic (exact) mass is 366 g/mol. The summed E-state index contributed by atoms with van der Waals surface area (Å²) in [6.07, 6.45) is 2.81. The van der Waals surface area contributed by atoms with Gasteiger partial charge in [-0.15, -0.1) is 0 Å². The smallest absolute Gasteiger partial charge is 0.334 e.